The fourth-order valence-electron chi connectivity index (χ4n) is 3.69. The quantitative estimate of drug-likeness (QED) is 0.363. The molecular weight excluding hydrogens is 468 g/mol. The molecule has 4 aromatic rings. The normalized spacial score (nSPS) is 11.4. The van der Waals surface area contributed by atoms with Gasteiger partial charge in [-0.2, -0.15) is 0 Å². The number of carbonyl (C=O) groups excluding carboxylic acids is 2. The number of nitrogens with one attached hydrogen (secondary N) is 1. The molecule has 0 saturated carbocycles. The van der Waals surface area contributed by atoms with E-state index in [2.05, 4.69) is 10.3 Å². The predicted molar refractivity (Wildman–Crippen MR) is 131 cm³/mol. The number of aryl methyl sites for hydroxylation is 1. The number of primary sulfonamides is 1. The number of benzene rings is 3. The van der Waals surface area contributed by atoms with Crippen LogP contribution in [-0.4, -0.2) is 43.0 Å². The van der Waals surface area contributed by atoms with Gasteiger partial charge in [0.05, 0.1) is 21.5 Å². The van der Waals surface area contributed by atoms with Crippen LogP contribution in [0, 0.1) is 6.92 Å². The van der Waals surface area contributed by atoms with Crippen molar-refractivity contribution in [2.24, 2.45) is 5.14 Å². The molecule has 1 aromatic heterocycles. The summed E-state index contributed by atoms with van der Waals surface area (Å²) in [6.07, 6.45) is 0.477. The monoisotopic (exact) mass is 492 g/mol. The number of hydrogen-bond acceptors (Lipinski definition) is 6. The molecule has 9 nitrogen and oxygen atoms in total. The van der Waals surface area contributed by atoms with Gasteiger partial charge in [-0.25, -0.2) is 23.3 Å². The van der Waals surface area contributed by atoms with Crippen molar-refractivity contribution in [2.75, 3.05) is 13.2 Å². The Labute approximate surface area is 202 Å². The second-order valence-electron chi connectivity index (χ2n) is 7.90. The first kappa shape index (κ1) is 24.1. The van der Waals surface area contributed by atoms with Gasteiger partial charge in [0.1, 0.15) is 5.82 Å². The van der Waals surface area contributed by atoms with Crippen molar-refractivity contribution >= 4 is 32.9 Å². The van der Waals surface area contributed by atoms with Crippen LogP contribution in [-0.2, 0) is 26.0 Å². The largest absolute Gasteiger partial charge is 0.452 e. The van der Waals surface area contributed by atoms with Crippen LogP contribution in [0.3, 0.4) is 0 Å². The van der Waals surface area contributed by atoms with Crippen molar-refractivity contribution in [1.82, 2.24) is 14.9 Å². The van der Waals surface area contributed by atoms with Crippen LogP contribution in [0.1, 0.15) is 21.7 Å². The lowest BCUT2D eigenvalue weighted by Crippen LogP contribution is -2.30. The summed E-state index contributed by atoms with van der Waals surface area (Å²) in [6.45, 7) is 1.77. The van der Waals surface area contributed by atoms with E-state index in [1.807, 2.05) is 41.8 Å². The van der Waals surface area contributed by atoms with Gasteiger partial charge in [-0.15, -0.1) is 0 Å². The molecule has 3 aromatic carbocycles. The second-order valence-corrected chi connectivity index (χ2v) is 9.46. The van der Waals surface area contributed by atoms with Crippen molar-refractivity contribution in [3.63, 3.8) is 0 Å². The van der Waals surface area contributed by atoms with Crippen LogP contribution in [0.5, 0.6) is 0 Å². The maximum Gasteiger partial charge on any atom is 0.338 e. The van der Waals surface area contributed by atoms with Crippen molar-refractivity contribution in [3.05, 3.63) is 89.7 Å². The zero-order valence-corrected chi connectivity index (χ0v) is 19.8. The Kier molecular flexibility index (Phi) is 6.94. The van der Waals surface area contributed by atoms with Gasteiger partial charge in [-0.05, 0) is 61.4 Å². The van der Waals surface area contributed by atoms with Crippen LogP contribution in [0.15, 0.2) is 77.7 Å². The highest BCUT2D eigenvalue weighted by Crippen LogP contribution is 2.22. The standard InChI is InChI=1S/C25H24N4O5S/c1-17-28-22-15-19(9-12-23(22)29(17)20-5-3-2-4-6-20)25(31)34-16-24(30)27-14-13-18-7-10-21(11-8-18)35(26,32)33/h2-12,15H,13-14,16H2,1H3,(H,27,30)(H2,26,32,33). The molecule has 3 N–H and O–H groups in total. The van der Waals surface area contributed by atoms with E-state index in [0.29, 0.717) is 24.0 Å². The molecule has 0 aliphatic carbocycles. The zero-order valence-electron chi connectivity index (χ0n) is 19.0. The van der Waals surface area contributed by atoms with E-state index in [4.69, 9.17) is 9.88 Å². The Morgan fingerprint density at radius 3 is 2.43 bits per heavy atom. The lowest BCUT2D eigenvalue weighted by molar-refractivity contribution is -0.124. The number of rotatable bonds is 8. The lowest BCUT2D eigenvalue weighted by Gasteiger charge is -2.08. The smallest absolute Gasteiger partial charge is 0.338 e. The summed E-state index contributed by atoms with van der Waals surface area (Å²) in [6, 6.07) is 21.0. The Balaban J connectivity index is 1.31. The van der Waals surface area contributed by atoms with Gasteiger partial charge in [0, 0.05) is 12.2 Å². The number of carbonyl (C=O) groups is 2. The number of nitrogens with two attached hydrogens (primary N) is 1. The molecule has 0 bridgehead atoms. The van der Waals surface area contributed by atoms with E-state index in [1.54, 1.807) is 30.3 Å². The molecule has 0 atom stereocenters. The lowest BCUT2D eigenvalue weighted by atomic mass is 10.1. The number of esters is 1. The highest BCUT2D eigenvalue weighted by atomic mass is 32.2. The van der Waals surface area contributed by atoms with E-state index in [0.717, 1.165) is 22.6 Å². The van der Waals surface area contributed by atoms with Crippen molar-refractivity contribution in [3.8, 4) is 5.69 Å². The Hall–Kier alpha value is -4.02. The molecular formula is C25H24N4O5S. The number of para-hydroxylation sites is 1. The van der Waals surface area contributed by atoms with E-state index in [1.165, 1.54) is 12.1 Å². The van der Waals surface area contributed by atoms with Gasteiger partial charge >= 0.3 is 5.97 Å². The Morgan fingerprint density at radius 2 is 1.74 bits per heavy atom. The van der Waals surface area contributed by atoms with Crippen LogP contribution in [0.25, 0.3) is 16.7 Å². The zero-order chi connectivity index (χ0) is 25.0. The topological polar surface area (TPSA) is 133 Å². The maximum absolute atomic E-state index is 12.5. The summed E-state index contributed by atoms with van der Waals surface area (Å²) < 4.78 is 29.7. The number of ether oxygens (including phenoxy) is 1. The highest BCUT2D eigenvalue weighted by molar-refractivity contribution is 7.89. The van der Waals surface area contributed by atoms with Gasteiger partial charge in [0.2, 0.25) is 10.0 Å². The maximum atomic E-state index is 12.5. The first-order chi connectivity index (χ1) is 16.7. The average molecular weight is 493 g/mol. The van der Waals surface area contributed by atoms with E-state index < -0.39 is 28.5 Å². The number of imidazole rings is 1. The minimum atomic E-state index is -3.74. The summed E-state index contributed by atoms with van der Waals surface area (Å²) in [7, 11) is -3.74. The Bertz CT molecular complexity index is 1480. The molecule has 0 fully saturated rings. The van der Waals surface area contributed by atoms with E-state index >= 15 is 0 Å². The summed E-state index contributed by atoms with van der Waals surface area (Å²) in [5.74, 6) is -0.271. The van der Waals surface area contributed by atoms with E-state index in [-0.39, 0.29) is 4.90 Å². The molecule has 0 saturated heterocycles. The van der Waals surface area contributed by atoms with Crippen molar-refractivity contribution < 1.29 is 22.7 Å². The van der Waals surface area contributed by atoms with Crippen LogP contribution < -0.4 is 10.5 Å². The molecule has 0 unspecified atom stereocenters. The molecule has 1 heterocycles. The summed E-state index contributed by atoms with van der Waals surface area (Å²) in [4.78, 5) is 29.1. The van der Waals surface area contributed by atoms with Crippen molar-refractivity contribution in [1.29, 1.82) is 0 Å². The van der Waals surface area contributed by atoms with E-state index in [9.17, 15) is 18.0 Å². The summed E-state index contributed by atoms with van der Waals surface area (Å²) >= 11 is 0. The molecule has 0 spiro atoms. The number of aromatic nitrogens is 2. The van der Waals surface area contributed by atoms with Crippen molar-refractivity contribution in [2.45, 2.75) is 18.2 Å². The van der Waals surface area contributed by atoms with Crippen LogP contribution in [0.2, 0.25) is 0 Å². The third-order valence-electron chi connectivity index (χ3n) is 5.39. The second kappa shape index (κ2) is 10.1. The Morgan fingerprint density at radius 1 is 1.03 bits per heavy atom. The average Bonchev–Trinajstić information content (AvgIpc) is 3.17. The number of nitrogens with zero attached hydrogens (tertiary/aromatic N) is 2. The van der Waals surface area contributed by atoms with Crippen LogP contribution >= 0.6 is 0 Å². The fourth-order valence-corrected chi connectivity index (χ4v) is 4.20. The van der Waals surface area contributed by atoms with Gasteiger partial charge < -0.3 is 10.1 Å². The minimum absolute atomic E-state index is 0.0254. The molecule has 0 aliphatic heterocycles. The summed E-state index contributed by atoms with van der Waals surface area (Å²) in [5.41, 5.74) is 3.62. The molecule has 4 rings (SSSR count). The van der Waals surface area contributed by atoms with Gasteiger partial charge in [0.15, 0.2) is 6.61 Å². The first-order valence-corrected chi connectivity index (χ1v) is 12.4. The third kappa shape index (κ3) is 5.73. The van der Waals surface area contributed by atoms with Crippen LogP contribution in [0.4, 0.5) is 0 Å². The molecule has 0 radical (unpaired) electrons. The number of amides is 1. The fraction of sp³-hybridized carbons (Fsp3) is 0.160. The van der Waals surface area contributed by atoms with Gasteiger partial charge in [0.25, 0.3) is 5.91 Å². The molecule has 0 aliphatic rings. The summed E-state index contributed by atoms with van der Waals surface area (Å²) in [5, 5.41) is 7.74. The first-order valence-electron chi connectivity index (χ1n) is 10.8. The highest BCUT2D eigenvalue weighted by Gasteiger charge is 2.15. The number of sulfonamides is 1. The third-order valence-corrected chi connectivity index (χ3v) is 6.32. The SMILES string of the molecule is Cc1nc2cc(C(=O)OCC(=O)NCCc3ccc(S(N)(=O)=O)cc3)ccc2n1-c1ccccc1. The predicted octanol–water partition coefficient (Wildman–Crippen LogP) is 2.50. The molecule has 35 heavy (non-hydrogen) atoms. The molecule has 10 heteroatoms. The number of fused-ring (bicyclic) bond motifs is 1. The molecule has 1 amide bonds. The van der Waals surface area contributed by atoms with Gasteiger partial charge in [-0.1, -0.05) is 30.3 Å². The van der Waals surface area contributed by atoms with Gasteiger partial charge in [-0.3, -0.25) is 9.36 Å². The number of hydrogen-bond donors (Lipinski definition) is 2. The molecule has 180 valence electrons. The minimum Gasteiger partial charge on any atom is -0.452 e.